The first kappa shape index (κ1) is 16.1. The van der Waals surface area contributed by atoms with E-state index in [2.05, 4.69) is 20.5 Å². The van der Waals surface area contributed by atoms with Crippen LogP contribution < -0.4 is 10.1 Å². The number of aromatic nitrogens is 3. The van der Waals surface area contributed by atoms with Gasteiger partial charge in [0.15, 0.2) is 0 Å². The summed E-state index contributed by atoms with van der Waals surface area (Å²) in [6, 6.07) is 11.2. The van der Waals surface area contributed by atoms with Gasteiger partial charge in [-0.3, -0.25) is 4.79 Å². The van der Waals surface area contributed by atoms with Gasteiger partial charge in [-0.1, -0.05) is 23.9 Å². The molecule has 24 heavy (non-hydrogen) atoms. The fraction of sp³-hybridized carbons (Fsp3) is 0.188. The van der Waals surface area contributed by atoms with E-state index in [1.807, 2.05) is 36.4 Å². The molecule has 0 spiro atoms. The molecule has 0 aliphatic carbocycles. The fourth-order valence-electron chi connectivity index (χ4n) is 2.00. The number of H-pyrrole nitrogens is 1. The molecule has 0 saturated carbocycles. The van der Waals surface area contributed by atoms with Gasteiger partial charge in [-0.05, 0) is 29.8 Å². The molecule has 0 saturated heterocycles. The summed E-state index contributed by atoms with van der Waals surface area (Å²) in [5.74, 6) is 1.26. The van der Waals surface area contributed by atoms with E-state index in [-0.39, 0.29) is 11.7 Å². The minimum absolute atomic E-state index is 0.109. The molecule has 0 radical (unpaired) electrons. The third kappa shape index (κ3) is 4.17. The minimum atomic E-state index is -0.109. The number of thioether (sulfide) groups is 1. The number of carbonyl (C=O) groups is 1. The number of aromatic amines is 1. The molecule has 0 atom stereocenters. The van der Waals surface area contributed by atoms with E-state index in [0.29, 0.717) is 17.7 Å². The van der Waals surface area contributed by atoms with Crippen LogP contribution in [0, 0.1) is 0 Å². The molecule has 0 aliphatic heterocycles. The van der Waals surface area contributed by atoms with Gasteiger partial charge in [0.05, 0.1) is 12.9 Å². The molecule has 3 aromatic rings. The average Bonchev–Trinajstić information content (AvgIpc) is 3.29. The third-order valence-electron chi connectivity index (χ3n) is 3.19. The lowest BCUT2D eigenvalue weighted by Crippen LogP contribution is -2.24. The number of hydrogen-bond donors (Lipinski definition) is 2. The topological polar surface area (TPSA) is 93.0 Å². The van der Waals surface area contributed by atoms with Crippen LogP contribution in [0.5, 0.6) is 5.75 Å². The van der Waals surface area contributed by atoms with E-state index in [9.17, 15) is 4.79 Å². The zero-order valence-electron chi connectivity index (χ0n) is 13.0. The Kier molecular flexibility index (Phi) is 5.17. The monoisotopic (exact) mass is 344 g/mol. The Hall–Kier alpha value is -2.74. The van der Waals surface area contributed by atoms with Gasteiger partial charge in [-0.2, -0.15) is 0 Å². The van der Waals surface area contributed by atoms with Gasteiger partial charge < -0.3 is 19.5 Å². The number of hydrogen-bond acceptors (Lipinski definition) is 6. The van der Waals surface area contributed by atoms with Crippen molar-refractivity contribution in [1.29, 1.82) is 0 Å². The van der Waals surface area contributed by atoms with Crippen molar-refractivity contribution >= 4 is 17.7 Å². The molecular formula is C16H16N4O3S. The molecule has 1 amide bonds. The van der Waals surface area contributed by atoms with Gasteiger partial charge in [-0.15, -0.1) is 10.2 Å². The second-order valence-corrected chi connectivity index (χ2v) is 5.80. The Balaban J connectivity index is 1.47. The van der Waals surface area contributed by atoms with Crippen molar-refractivity contribution in [2.24, 2.45) is 0 Å². The van der Waals surface area contributed by atoms with Crippen molar-refractivity contribution in [1.82, 2.24) is 20.5 Å². The first-order valence-electron chi connectivity index (χ1n) is 7.24. The van der Waals surface area contributed by atoms with E-state index in [1.54, 1.807) is 13.3 Å². The normalized spacial score (nSPS) is 10.5. The van der Waals surface area contributed by atoms with Crippen LogP contribution in [-0.4, -0.2) is 34.0 Å². The SMILES string of the molecule is COc1cccc(CNC(=O)CSc2nnc(-c3ccc[nH]3)o2)c1. The molecule has 0 aliphatic rings. The van der Waals surface area contributed by atoms with Crippen LogP contribution in [0.1, 0.15) is 5.56 Å². The summed E-state index contributed by atoms with van der Waals surface area (Å²) >= 11 is 1.20. The van der Waals surface area contributed by atoms with Crippen molar-refractivity contribution in [2.75, 3.05) is 12.9 Å². The Morgan fingerprint density at radius 3 is 3.04 bits per heavy atom. The molecule has 3 rings (SSSR count). The first-order valence-corrected chi connectivity index (χ1v) is 8.23. The Bertz CT molecular complexity index is 801. The molecule has 0 bridgehead atoms. The summed E-state index contributed by atoms with van der Waals surface area (Å²) in [5, 5.41) is 11.1. The Morgan fingerprint density at radius 2 is 2.25 bits per heavy atom. The largest absolute Gasteiger partial charge is 0.497 e. The summed E-state index contributed by atoms with van der Waals surface area (Å²) < 4.78 is 10.6. The molecule has 2 N–H and O–H groups in total. The molecule has 2 aromatic heterocycles. The number of benzene rings is 1. The zero-order valence-corrected chi connectivity index (χ0v) is 13.8. The first-order chi connectivity index (χ1) is 11.7. The molecule has 124 valence electrons. The van der Waals surface area contributed by atoms with Gasteiger partial charge in [0, 0.05) is 12.7 Å². The lowest BCUT2D eigenvalue weighted by Gasteiger charge is -2.06. The molecular weight excluding hydrogens is 328 g/mol. The number of amides is 1. The number of rotatable bonds is 7. The third-order valence-corrected chi connectivity index (χ3v) is 4.00. The van der Waals surface area contributed by atoms with Crippen LogP contribution >= 0.6 is 11.8 Å². The Labute approximate surface area is 142 Å². The van der Waals surface area contributed by atoms with E-state index >= 15 is 0 Å². The highest BCUT2D eigenvalue weighted by Crippen LogP contribution is 2.21. The number of nitrogens with one attached hydrogen (secondary N) is 2. The van der Waals surface area contributed by atoms with Gasteiger partial charge in [0.1, 0.15) is 11.4 Å². The predicted molar refractivity (Wildman–Crippen MR) is 89.6 cm³/mol. The van der Waals surface area contributed by atoms with Crippen LogP contribution in [0.2, 0.25) is 0 Å². The van der Waals surface area contributed by atoms with Crippen LogP contribution in [0.4, 0.5) is 0 Å². The summed E-state index contributed by atoms with van der Waals surface area (Å²) in [6.07, 6.45) is 1.78. The minimum Gasteiger partial charge on any atom is -0.497 e. The van der Waals surface area contributed by atoms with E-state index in [4.69, 9.17) is 9.15 Å². The van der Waals surface area contributed by atoms with E-state index < -0.39 is 0 Å². The van der Waals surface area contributed by atoms with Crippen LogP contribution in [0.15, 0.2) is 52.2 Å². The molecule has 2 heterocycles. The Morgan fingerprint density at radius 1 is 1.33 bits per heavy atom. The standard InChI is InChI=1S/C16H16N4O3S/c1-22-12-5-2-4-11(8-12)9-18-14(21)10-24-16-20-19-15(23-16)13-6-3-7-17-13/h2-8,17H,9-10H2,1H3,(H,18,21). The lowest BCUT2D eigenvalue weighted by atomic mass is 10.2. The summed E-state index contributed by atoms with van der Waals surface area (Å²) in [7, 11) is 1.61. The maximum Gasteiger partial charge on any atom is 0.277 e. The summed E-state index contributed by atoms with van der Waals surface area (Å²) in [6.45, 7) is 0.439. The van der Waals surface area contributed by atoms with Crippen molar-refractivity contribution in [3.8, 4) is 17.3 Å². The molecule has 1 aromatic carbocycles. The predicted octanol–water partition coefficient (Wildman–Crippen LogP) is 2.48. The highest BCUT2D eigenvalue weighted by molar-refractivity contribution is 7.99. The van der Waals surface area contributed by atoms with Crippen LogP contribution in [-0.2, 0) is 11.3 Å². The zero-order chi connectivity index (χ0) is 16.8. The number of nitrogens with zero attached hydrogens (tertiary/aromatic N) is 2. The van der Waals surface area contributed by atoms with Gasteiger partial charge in [-0.25, -0.2) is 0 Å². The highest BCUT2D eigenvalue weighted by Gasteiger charge is 2.11. The second-order valence-electron chi connectivity index (χ2n) is 4.87. The van der Waals surface area contributed by atoms with Gasteiger partial charge in [0.2, 0.25) is 5.91 Å². The number of methoxy groups -OCH3 is 1. The van der Waals surface area contributed by atoms with Crippen LogP contribution in [0.25, 0.3) is 11.6 Å². The van der Waals surface area contributed by atoms with Gasteiger partial charge in [0.25, 0.3) is 11.1 Å². The van der Waals surface area contributed by atoms with Gasteiger partial charge >= 0.3 is 0 Å². The fourth-order valence-corrected chi connectivity index (χ4v) is 2.59. The maximum absolute atomic E-state index is 11.9. The maximum atomic E-state index is 11.9. The summed E-state index contributed by atoms with van der Waals surface area (Å²) in [4.78, 5) is 14.9. The highest BCUT2D eigenvalue weighted by atomic mass is 32.2. The van der Waals surface area contributed by atoms with Crippen LogP contribution in [0.3, 0.4) is 0 Å². The average molecular weight is 344 g/mol. The molecule has 0 fully saturated rings. The smallest absolute Gasteiger partial charge is 0.277 e. The van der Waals surface area contributed by atoms with Crippen molar-refractivity contribution < 1.29 is 13.9 Å². The quantitative estimate of drug-likeness (QED) is 0.640. The molecule has 0 unspecified atom stereocenters. The van der Waals surface area contributed by atoms with Crippen molar-refractivity contribution in [3.05, 3.63) is 48.2 Å². The number of ether oxygens (including phenoxy) is 1. The van der Waals surface area contributed by atoms with E-state index in [0.717, 1.165) is 17.0 Å². The lowest BCUT2D eigenvalue weighted by molar-refractivity contribution is -0.118. The molecule has 8 heteroatoms. The number of carbonyl (C=O) groups excluding carboxylic acids is 1. The van der Waals surface area contributed by atoms with E-state index in [1.165, 1.54) is 11.8 Å². The second kappa shape index (κ2) is 7.69. The molecule has 7 nitrogen and oxygen atoms in total. The summed E-state index contributed by atoms with van der Waals surface area (Å²) in [5.41, 5.74) is 1.72. The van der Waals surface area contributed by atoms with Crippen molar-refractivity contribution in [3.63, 3.8) is 0 Å². The van der Waals surface area contributed by atoms with Crippen molar-refractivity contribution in [2.45, 2.75) is 11.8 Å².